The molecule has 1 aliphatic carbocycles. The Balaban J connectivity index is 1.51. The number of nitrogens with one attached hydrogen (secondary N) is 2. The lowest BCUT2D eigenvalue weighted by Crippen LogP contribution is -2.35. The van der Waals surface area contributed by atoms with Crippen LogP contribution < -0.4 is 26.0 Å². The van der Waals surface area contributed by atoms with E-state index in [9.17, 15) is 9.90 Å². The molecule has 0 amide bonds. The first-order valence-corrected chi connectivity index (χ1v) is 10.6. The van der Waals surface area contributed by atoms with Crippen molar-refractivity contribution in [2.75, 3.05) is 48.1 Å². The molecule has 32 heavy (non-hydrogen) atoms. The number of aliphatic carboxylic acids is 1. The van der Waals surface area contributed by atoms with Gasteiger partial charge in [0.05, 0.1) is 30.7 Å². The van der Waals surface area contributed by atoms with Crippen LogP contribution in [0.3, 0.4) is 0 Å². The lowest BCUT2D eigenvalue weighted by atomic mass is 9.85. The van der Waals surface area contributed by atoms with Crippen LogP contribution in [0.25, 0.3) is 0 Å². The fraction of sp³-hybridized carbons (Fsp3) is 0.348. The first kappa shape index (κ1) is 20.4. The zero-order valence-corrected chi connectivity index (χ0v) is 17.7. The predicted octanol–water partition coefficient (Wildman–Crippen LogP) is 3.12. The summed E-state index contributed by atoms with van der Waals surface area (Å²) < 4.78 is 26.8. The molecular formula is C23H25FN4O4. The minimum atomic E-state index is -1.24. The van der Waals surface area contributed by atoms with Crippen LogP contribution >= 0.6 is 0 Å². The van der Waals surface area contributed by atoms with Crippen molar-refractivity contribution in [3.63, 3.8) is 0 Å². The lowest BCUT2D eigenvalue weighted by Gasteiger charge is -2.35. The zero-order valence-electron chi connectivity index (χ0n) is 17.7. The van der Waals surface area contributed by atoms with Gasteiger partial charge < -0.3 is 35.8 Å². The molecule has 2 aromatic carbocycles. The van der Waals surface area contributed by atoms with Gasteiger partial charge in [-0.25, -0.2) is 9.18 Å². The maximum Gasteiger partial charge on any atom is 0.336 e. The van der Waals surface area contributed by atoms with Crippen LogP contribution in [-0.2, 0) is 15.1 Å². The summed E-state index contributed by atoms with van der Waals surface area (Å²) >= 11 is 0. The number of fused-ring (bicyclic) bond motifs is 2. The quantitative estimate of drug-likeness (QED) is 0.281. The summed E-state index contributed by atoms with van der Waals surface area (Å²) in [5, 5.41) is 16.2. The average molecular weight is 440 g/mol. The van der Waals surface area contributed by atoms with E-state index in [4.69, 9.17) is 15.2 Å². The van der Waals surface area contributed by atoms with Crippen LogP contribution in [-0.4, -0.2) is 43.9 Å². The molecular weight excluding hydrogens is 415 g/mol. The van der Waals surface area contributed by atoms with Gasteiger partial charge in [-0.2, -0.15) is 0 Å². The Morgan fingerprint density at radius 2 is 2.00 bits per heavy atom. The van der Waals surface area contributed by atoms with E-state index in [2.05, 4.69) is 10.6 Å². The number of anilines is 4. The molecule has 1 saturated heterocycles. The van der Waals surface area contributed by atoms with Gasteiger partial charge in [0.25, 0.3) is 0 Å². The van der Waals surface area contributed by atoms with Gasteiger partial charge in [0, 0.05) is 36.6 Å². The molecule has 2 aliphatic heterocycles. The van der Waals surface area contributed by atoms with E-state index in [1.807, 2.05) is 35.2 Å². The minimum absolute atomic E-state index is 0.0674. The summed E-state index contributed by atoms with van der Waals surface area (Å²) in [4.78, 5) is 13.8. The van der Waals surface area contributed by atoms with E-state index in [-0.39, 0.29) is 29.6 Å². The van der Waals surface area contributed by atoms with Gasteiger partial charge in [-0.15, -0.1) is 0 Å². The molecule has 8 nitrogen and oxygen atoms in total. The van der Waals surface area contributed by atoms with E-state index < -0.39 is 17.4 Å². The van der Waals surface area contributed by atoms with E-state index in [1.165, 1.54) is 7.11 Å². The molecule has 0 bridgehead atoms. The van der Waals surface area contributed by atoms with Crippen molar-refractivity contribution in [1.29, 1.82) is 0 Å². The molecule has 1 atom stereocenters. The first-order valence-electron chi connectivity index (χ1n) is 10.6. The molecule has 168 valence electrons. The molecule has 9 heteroatoms. The van der Waals surface area contributed by atoms with Crippen molar-refractivity contribution >= 4 is 28.7 Å². The number of ether oxygens (including phenoxy) is 2. The standard InChI is InChI=1S/C23H25FN4O4/c1-31-21-19(27-10-9-26-13-5-3-2-4-6-13)17(24)18(25)16-20(21)28(14-7-8-14)11-15(22(29)30)23(16)12-32-23/h2-6,11,14,26-27H,7-10,12,25H2,1H3,(H,29,30). The highest BCUT2D eigenvalue weighted by atomic mass is 19.1. The van der Waals surface area contributed by atoms with Crippen molar-refractivity contribution in [1.82, 2.24) is 0 Å². The fourth-order valence-corrected chi connectivity index (χ4v) is 4.35. The summed E-state index contributed by atoms with van der Waals surface area (Å²) in [7, 11) is 1.47. The number of rotatable bonds is 8. The Labute approximate surface area is 184 Å². The smallest absolute Gasteiger partial charge is 0.336 e. The summed E-state index contributed by atoms with van der Waals surface area (Å²) in [5.41, 5.74) is 7.03. The van der Waals surface area contributed by atoms with Crippen LogP contribution in [0, 0.1) is 5.82 Å². The number of para-hydroxylation sites is 1. The topological polar surface area (TPSA) is 112 Å². The second kappa shape index (κ2) is 7.59. The van der Waals surface area contributed by atoms with Crippen molar-refractivity contribution in [2.24, 2.45) is 0 Å². The number of nitrogens with zero attached hydrogens (tertiary/aromatic N) is 1. The Hall–Kier alpha value is -3.46. The molecule has 1 unspecified atom stereocenters. The second-order valence-corrected chi connectivity index (χ2v) is 8.18. The van der Waals surface area contributed by atoms with Gasteiger partial charge in [-0.1, -0.05) is 18.2 Å². The molecule has 0 aromatic heterocycles. The molecule has 0 radical (unpaired) electrons. The van der Waals surface area contributed by atoms with Crippen LogP contribution in [0.2, 0.25) is 0 Å². The van der Waals surface area contributed by atoms with E-state index in [1.54, 1.807) is 6.20 Å². The number of nitrogens with two attached hydrogens (primary N) is 1. The van der Waals surface area contributed by atoms with Gasteiger partial charge in [-0.05, 0) is 25.0 Å². The first-order chi connectivity index (χ1) is 15.5. The van der Waals surface area contributed by atoms with Crippen LogP contribution in [0.15, 0.2) is 42.1 Å². The third-order valence-corrected chi connectivity index (χ3v) is 6.11. The van der Waals surface area contributed by atoms with Crippen LogP contribution in [0.5, 0.6) is 5.75 Å². The Bertz CT molecular complexity index is 1100. The number of benzene rings is 2. The molecule has 2 heterocycles. The maximum atomic E-state index is 15.5. The summed E-state index contributed by atoms with van der Waals surface area (Å²) in [6.07, 6.45) is 3.40. The maximum absolute atomic E-state index is 15.5. The van der Waals surface area contributed by atoms with E-state index in [0.717, 1.165) is 18.5 Å². The minimum Gasteiger partial charge on any atom is -0.492 e. The summed E-state index contributed by atoms with van der Waals surface area (Å²) in [5.74, 6) is -1.47. The number of epoxide rings is 1. The average Bonchev–Trinajstić information content (AvgIpc) is 3.71. The van der Waals surface area contributed by atoms with Crippen molar-refractivity contribution in [2.45, 2.75) is 24.5 Å². The highest BCUT2D eigenvalue weighted by Gasteiger charge is 2.60. The zero-order chi connectivity index (χ0) is 22.5. The van der Waals surface area contributed by atoms with Crippen molar-refractivity contribution in [3.05, 3.63) is 53.5 Å². The van der Waals surface area contributed by atoms with E-state index >= 15 is 4.39 Å². The normalized spacial score (nSPS) is 21.1. The van der Waals surface area contributed by atoms with Gasteiger partial charge in [-0.3, -0.25) is 0 Å². The molecule has 1 spiro atoms. The molecule has 2 fully saturated rings. The Morgan fingerprint density at radius 1 is 1.31 bits per heavy atom. The molecule has 2 aromatic rings. The SMILES string of the molecule is COc1c(NCCNc2ccccc2)c(F)c(N)c2c1N(C1CC1)C=C(C(=O)O)C21CO1. The van der Waals surface area contributed by atoms with E-state index in [0.29, 0.717) is 30.1 Å². The second-order valence-electron chi connectivity index (χ2n) is 8.18. The lowest BCUT2D eigenvalue weighted by molar-refractivity contribution is -0.133. The summed E-state index contributed by atoms with van der Waals surface area (Å²) in [6.45, 7) is 1.10. The highest BCUT2D eigenvalue weighted by Crippen LogP contribution is 2.60. The third kappa shape index (κ3) is 3.20. The number of nitrogen functional groups attached to an aromatic ring is 1. The van der Waals surface area contributed by atoms with Gasteiger partial charge in [0.1, 0.15) is 5.69 Å². The number of carboxylic acid groups (broad SMARTS) is 1. The monoisotopic (exact) mass is 440 g/mol. The summed E-state index contributed by atoms with van der Waals surface area (Å²) in [6, 6.07) is 9.82. The van der Waals surface area contributed by atoms with Crippen LogP contribution in [0.1, 0.15) is 18.4 Å². The number of hydrogen-bond acceptors (Lipinski definition) is 7. The van der Waals surface area contributed by atoms with Crippen molar-refractivity contribution < 1.29 is 23.8 Å². The molecule has 5 N–H and O–H groups in total. The van der Waals surface area contributed by atoms with Gasteiger partial charge in [0.15, 0.2) is 17.2 Å². The Morgan fingerprint density at radius 3 is 2.59 bits per heavy atom. The number of hydrogen-bond donors (Lipinski definition) is 4. The largest absolute Gasteiger partial charge is 0.492 e. The highest BCUT2D eigenvalue weighted by molar-refractivity contribution is 5.97. The molecule has 1 saturated carbocycles. The number of carbonyl (C=O) groups is 1. The van der Waals surface area contributed by atoms with Crippen LogP contribution in [0.4, 0.5) is 27.1 Å². The number of halogens is 1. The van der Waals surface area contributed by atoms with Crippen molar-refractivity contribution in [3.8, 4) is 5.75 Å². The number of methoxy groups -OCH3 is 1. The Kier molecular flexibility index (Phi) is 4.85. The third-order valence-electron chi connectivity index (χ3n) is 6.11. The molecule has 3 aliphatic rings. The predicted molar refractivity (Wildman–Crippen MR) is 120 cm³/mol. The van der Waals surface area contributed by atoms with Gasteiger partial charge >= 0.3 is 5.97 Å². The number of carboxylic acids is 1. The van der Waals surface area contributed by atoms with Gasteiger partial charge in [0.2, 0.25) is 0 Å². The fourth-order valence-electron chi connectivity index (χ4n) is 4.35. The molecule has 5 rings (SSSR count).